The van der Waals surface area contributed by atoms with Crippen LogP contribution in [0.2, 0.25) is 0 Å². The van der Waals surface area contributed by atoms with Crippen molar-refractivity contribution in [2.45, 2.75) is 45.2 Å². The summed E-state index contributed by atoms with van der Waals surface area (Å²) < 4.78 is 40.4. The monoisotopic (exact) mass is 547 g/mol. The number of carbonyl (C=O) groups is 1. The first kappa shape index (κ1) is 28.9. The van der Waals surface area contributed by atoms with E-state index in [0.29, 0.717) is 38.5 Å². The molecule has 0 bridgehead atoms. The second-order valence-corrected chi connectivity index (χ2v) is 11.3. The van der Waals surface area contributed by atoms with Gasteiger partial charge in [-0.25, -0.2) is 14.8 Å². The number of hydrogen-bond acceptors (Lipinski definition) is 6. The van der Waals surface area contributed by atoms with Crippen molar-refractivity contribution in [3.8, 4) is 0 Å². The number of aromatic nitrogens is 2. The molecule has 2 aliphatic heterocycles. The molecule has 2 saturated heterocycles. The number of nitrogens with one attached hydrogen (secondary N) is 1. The van der Waals surface area contributed by atoms with E-state index in [2.05, 4.69) is 37.2 Å². The van der Waals surface area contributed by atoms with Crippen LogP contribution in [-0.4, -0.2) is 91.2 Å². The molecule has 2 aromatic rings. The van der Waals surface area contributed by atoms with Crippen molar-refractivity contribution in [1.82, 2.24) is 25.1 Å². The van der Waals surface area contributed by atoms with Crippen LogP contribution in [0.1, 0.15) is 45.1 Å². The van der Waals surface area contributed by atoms with E-state index in [0.717, 1.165) is 51.6 Å². The molecule has 8 nitrogen and oxygen atoms in total. The summed E-state index contributed by atoms with van der Waals surface area (Å²) in [6, 6.07) is 11.3. The lowest BCUT2D eigenvalue weighted by Gasteiger charge is -2.36. The van der Waals surface area contributed by atoms with Gasteiger partial charge in [0.1, 0.15) is 17.3 Å². The maximum Gasteiger partial charge on any atom is 0.433 e. The third-order valence-corrected chi connectivity index (χ3v) is 7.24. The van der Waals surface area contributed by atoms with Crippen molar-refractivity contribution >= 4 is 17.5 Å². The van der Waals surface area contributed by atoms with Crippen molar-refractivity contribution in [3.05, 3.63) is 47.9 Å². The highest BCUT2D eigenvalue weighted by atomic mass is 19.4. The molecule has 2 amide bonds. The van der Waals surface area contributed by atoms with E-state index in [4.69, 9.17) is 0 Å². The lowest BCUT2D eigenvalue weighted by atomic mass is 9.95. The molecule has 0 radical (unpaired) electrons. The number of halogens is 3. The Kier molecular flexibility index (Phi) is 9.19. The van der Waals surface area contributed by atoms with Crippen LogP contribution in [0.4, 0.5) is 29.5 Å². The zero-order valence-corrected chi connectivity index (χ0v) is 23.2. The van der Waals surface area contributed by atoms with Crippen LogP contribution in [0.5, 0.6) is 0 Å². The highest BCUT2D eigenvalue weighted by molar-refractivity contribution is 5.74. The number of hydrogen-bond donors (Lipinski definition) is 1. The van der Waals surface area contributed by atoms with E-state index in [-0.39, 0.29) is 11.9 Å². The van der Waals surface area contributed by atoms with Crippen molar-refractivity contribution in [1.29, 1.82) is 0 Å². The molecule has 214 valence electrons. The van der Waals surface area contributed by atoms with Gasteiger partial charge in [0.2, 0.25) is 0 Å². The maximum absolute atomic E-state index is 13.5. The highest BCUT2D eigenvalue weighted by Crippen LogP contribution is 2.32. The van der Waals surface area contributed by atoms with Crippen LogP contribution in [0.3, 0.4) is 0 Å². The molecule has 39 heavy (non-hydrogen) atoms. The fourth-order valence-corrected chi connectivity index (χ4v) is 4.85. The number of benzene rings is 1. The van der Waals surface area contributed by atoms with E-state index in [1.54, 1.807) is 0 Å². The van der Waals surface area contributed by atoms with Gasteiger partial charge in [0.05, 0.1) is 0 Å². The Hall–Kier alpha value is -3.08. The summed E-state index contributed by atoms with van der Waals surface area (Å²) in [6.07, 6.45) is -2.68. The fourth-order valence-electron chi connectivity index (χ4n) is 4.85. The SMILES string of the molecule is CC(C)(C)c1nc(N2CCN(CCCCNC(=O)N3CCN(c4ccccc4)CC3)CC2)cc(C(F)(F)F)n1. The van der Waals surface area contributed by atoms with Crippen molar-refractivity contribution in [3.63, 3.8) is 0 Å². The first-order valence-electron chi connectivity index (χ1n) is 13.8. The fraction of sp³-hybridized carbons (Fsp3) is 0.607. The van der Waals surface area contributed by atoms with Gasteiger partial charge in [-0.3, -0.25) is 4.90 Å². The zero-order valence-electron chi connectivity index (χ0n) is 23.2. The van der Waals surface area contributed by atoms with Gasteiger partial charge in [0, 0.05) is 76.1 Å². The molecule has 2 fully saturated rings. The Bertz CT molecular complexity index is 1040. The van der Waals surface area contributed by atoms with Crippen LogP contribution in [-0.2, 0) is 11.6 Å². The molecule has 0 spiro atoms. The number of carbonyl (C=O) groups excluding carboxylic acids is 1. The largest absolute Gasteiger partial charge is 0.433 e. The number of amides is 2. The first-order chi connectivity index (χ1) is 18.5. The molecule has 0 unspecified atom stereocenters. The lowest BCUT2D eigenvalue weighted by Crippen LogP contribution is -2.52. The molecular formula is C28H40F3N7O. The summed E-state index contributed by atoms with van der Waals surface area (Å²) in [5.74, 6) is 0.545. The molecule has 11 heteroatoms. The second-order valence-electron chi connectivity index (χ2n) is 11.3. The standard InChI is InChI=1S/C28H40F3N7O/c1-27(2,3)25-33-23(28(29,30)31)21-24(34-25)37-15-13-35(14-16-37)12-8-7-11-32-26(39)38-19-17-36(18-20-38)22-9-5-4-6-10-22/h4-6,9-10,21H,7-8,11-20H2,1-3H3,(H,32,39). The van der Waals surface area contributed by atoms with Crippen molar-refractivity contribution in [2.24, 2.45) is 0 Å². The summed E-state index contributed by atoms with van der Waals surface area (Å²) in [5, 5.41) is 3.04. The Morgan fingerprint density at radius 2 is 1.51 bits per heavy atom. The minimum Gasteiger partial charge on any atom is -0.368 e. The van der Waals surface area contributed by atoms with Crippen LogP contribution in [0.25, 0.3) is 0 Å². The van der Waals surface area contributed by atoms with Crippen LogP contribution < -0.4 is 15.1 Å². The molecule has 4 rings (SSSR count). The smallest absolute Gasteiger partial charge is 0.368 e. The molecule has 3 heterocycles. The summed E-state index contributed by atoms with van der Waals surface area (Å²) in [7, 11) is 0. The molecule has 1 aromatic heterocycles. The Morgan fingerprint density at radius 1 is 0.872 bits per heavy atom. The summed E-state index contributed by atoms with van der Waals surface area (Å²) in [4.78, 5) is 29.2. The normalized spacial score (nSPS) is 17.4. The number of nitrogens with zero attached hydrogens (tertiary/aromatic N) is 6. The third-order valence-electron chi connectivity index (χ3n) is 7.24. The minimum atomic E-state index is -4.51. The van der Waals surface area contributed by atoms with Crippen LogP contribution in [0, 0.1) is 0 Å². The van der Waals surface area contributed by atoms with E-state index in [1.807, 2.05) is 48.8 Å². The van der Waals surface area contributed by atoms with Gasteiger partial charge in [0.25, 0.3) is 0 Å². The first-order valence-corrected chi connectivity index (χ1v) is 13.8. The average Bonchev–Trinajstić information content (AvgIpc) is 2.92. The van der Waals surface area contributed by atoms with Gasteiger partial charge >= 0.3 is 12.2 Å². The highest BCUT2D eigenvalue weighted by Gasteiger charge is 2.36. The molecule has 0 saturated carbocycles. The van der Waals surface area contributed by atoms with E-state index in [9.17, 15) is 18.0 Å². The van der Waals surface area contributed by atoms with Gasteiger partial charge in [0.15, 0.2) is 0 Å². The van der Waals surface area contributed by atoms with E-state index in [1.165, 1.54) is 5.69 Å². The molecule has 0 atom stereocenters. The Balaban J connectivity index is 1.15. The lowest BCUT2D eigenvalue weighted by molar-refractivity contribution is -0.141. The number of piperazine rings is 2. The van der Waals surface area contributed by atoms with Gasteiger partial charge < -0.3 is 20.0 Å². The number of para-hydroxylation sites is 1. The zero-order chi connectivity index (χ0) is 28.0. The molecule has 0 aliphatic carbocycles. The quantitative estimate of drug-likeness (QED) is 0.524. The summed E-state index contributed by atoms with van der Waals surface area (Å²) in [6.45, 7) is 12.8. The molecular weight excluding hydrogens is 507 g/mol. The summed E-state index contributed by atoms with van der Waals surface area (Å²) in [5.41, 5.74) is -0.278. The van der Waals surface area contributed by atoms with Crippen molar-refractivity contribution < 1.29 is 18.0 Å². The van der Waals surface area contributed by atoms with Gasteiger partial charge in [-0.15, -0.1) is 0 Å². The van der Waals surface area contributed by atoms with Gasteiger partial charge in [-0.1, -0.05) is 39.0 Å². The number of alkyl halides is 3. The topological polar surface area (TPSA) is 67.8 Å². The minimum absolute atomic E-state index is 0.00553. The average molecular weight is 548 g/mol. The predicted molar refractivity (Wildman–Crippen MR) is 147 cm³/mol. The van der Waals surface area contributed by atoms with Crippen LogP contribution in [0.15, 0.2) is 36.4 Å². The summed E-state index contributed by atoms with van der Waals surface area (Å²) >= 11 is 0. The second kappa shape index (κ2) is 12.4. The van der Waals surface area contributed by atoms with Gasteiger partial charge in [-0.2, -0.15) is 13.2 Å². The number of anilines is 2. The maximum atomic E-state index is 13.5. The van der Waals surface area contributed by atoms with Crippen LogP contribution >= 0.6 is 0 Å². The van der Waals surface area contributed by atoms with Gasteiger partial charge in [-0.05, 0) is 31.5 Å². The third kappa shape index (κ3) is 7.97. The van der Waals surface area contributed by atoms with E-state index >= 15 is 0 Å². The van der Waals surface area contributed by atoms with E-state index < -0.39 is 17.3 Å². The number of urea groups is 1. The number of unbranched alkanes of at least 4 members (excludes halogenated alkanes) is 1. The Morgan fingerprint density at radius 3 is 2.13 bits per heavy atom. The molecule has 1 aromatic carbocycles. The molecule has 2 aliphatic rings. The Labute approximate surface area is 229 Å². The van der Waals surface area contributed by atoms with Crippen molar-refractivity contribution in [2.75, 3.05) is 75.2 Å². The molecule has 1 N–H and O–H groups in total. The predicted octanol–water partition coefficient (Wildman–Crippen LogP) is 4.23. The number of rotatable bonds is 7.